The van der Waals surface area contributed by atoms with Crippen molar-refractivity contribution in [2.75, 3.05) is 7.11 Å². The van der Waals surface area contributed by atoms with Crippen molar-refractivity contribution in [3.05, 3.63) is 101 Å². The number of allylic oxidation sites excluding steroid dienone is 1. The minimum atomic E-state index is -4.05. The van der Waals surface area contributed by atoms with E-state index in [1.807, 2.05) is 48.5 Å². The lowest BCUT2D eigenvalue weighted by Crippen LogP contribution is -2.03. The lowest BCUT2D eigenvalue weighted by molar-refractivity contribution is 0.415. The Morgan fingerprint density at radius 1 is 1.06 bits per heavy atom. The van der Waals surface area contributed by atoms with Crippen LogP contribution in [0, 0.1) is 11.3 Å². The van der Waals surface area contributed by atoms with E-state index in [1.54, 1.807) is 30.1 Å². The Hall–Kier alpha value is -3.86. The summed E-state index contributed by atoms with van der Waals surface area (Å²) in [4.78, 5) is -0.417. The molecule has 8 heteroatoms. The van der Waals surface area contributed by atoms with Gasteiger partial charge in [-0.3, -0.25) is 0 Å². The van der Waals surface area contributed by atoms with Crippen molar-refractivity contribution in [1.29, 1.82) is 5.26 Å². The van der Waals surface area contributed by atoms with Gasteiger partial charge in [-0.05, 0) is 54.6 Å². The van der Waals surface area contributed by atoms with Crippen LogP contribution in [0.15, 0.2) is 94.9 Å². The molecule has 0 unspecified atom stereocenters. The van der Waals surface area contributed by atoms with Gasteiger partial charge >= 0.3 is 0 Å². The van der Waals surface area contributed by atoms with Crippen LogP contribution in [0.1, 0.15) is 5.56 Å². The molecular formula is C25H18ClN3O3S. The Labute approximate surface area is 196 Å². The van der Waals surface area contributed by atoms with Crippen molar-refractivity contribution < 1.29 is 13.2 Å². The van der Waals surface area contributed by atoms with Gasteiger partial charge in [-0.2, -0.15) is 10.4 Å². The summed E-state index contributed by atoms with van der Waals surface area (Å²) in [5.41, 5.74) is 2.50. The number of hydrogen-bond acceptors (Lipinski definition) is 5. The molecule has 0 aliphatic rings. The van der Waals surface area contributed by atoms with Gasteiger partial charge in [-0.15, -0.1) is 0 Å². The van der Waals surface area contributed by atoms with Crippen LogP contribution in [-0.4, -0.2) is 25.3 Å². The maximum Gasteiger partial charge on any atom is 0.216 e. The molecule has 4 rings (SSSR count). The predicted octanol–water partition coefficient (Wildman–Crippen LogP) is 5.54. The fraction of sp³-hybridized carbons (Fsp3) is 0.0400. The molecule has 1 heterocycles. The molecule has 0 aliphatic heterocycles. The number of rotatable bonds is 6. The minimum Gasteiger partial charge on any atom is -0.497 e. The maximum atomic E-state index is 13.1. The number of para-hydroxylation sites is 1. The van der Waals surface area contributed by atoms with E-state index in [0.717, 1.165) is 11.3 Å². The van der Waals surface area contributed by atoms with Gasteiger partial charge in [0, 0.05) is 22.3 Å². The zero-order chi connectivity index (χ0) is 23.4. The average molecular weight is 476 g/mol. The van der Waals surface area contributed by atoms with E-state index in [2.05, 4.69) is 5.10 Å². The summed E-state index contributed by atoms with van der Waals surface area (Å²) < 4.78 is 33.2. The first-order chi connectivity index (χ1) is 15.9. The van der Waals surface area contributed by atoms with Crippen LogP contribution in [0.2, 0.25) is 5.02 Å². The SMILES string of the molecule is COc1cccc(-c2nn(-c3ccccc3)cc2C=C(C#N)S(=O)(=O)c2ccc(Cl)cc2)c1. The number of halogens is 1. The Kier molecular flexibility index (Phi) is 6.31. The van der Waals surface area contributed by atoms with Gasteiger partial charge in [-0.1, -0.05) is 41.9 Å². The highest BCUT2D eigenvalue weighted by Gasteiger charge is 2.22. The van der Waals surface area contributed by atoms with Crippen LogP contribution in [0.25, 0.3) is 23.0 Å². The predicted molar refractivity (Wildman–Crippen MR) is 128 cm³/mol. The first-order valence-electron chi connectivity index (χ1n) is 9.84. The van der Waals surface area contributed by atoms with Crippen molar-refractivity contribution in [2.45, 2.75) is 4.90 Å². The fourth-order valence-corrected chi connectivity index (χ4v) is 4.53. The largest absolute Gasteiger partial charge is 0.497 e. The molecule has 0 atom stereocenters. The quantitative estimate of drug-likeness (QED) is 0.342. The standard InChI is InChI=1S/C25H18ClN3O3S/c1-32-22-9-5-6-18(14-22)25-19(17-29(28-25)21-7-3-2-4-8-21)15-24(16-27)33(30,31)23-12-10-20(26)11-13-23/h2-15,17H,1H3. The maximum absolute atomic E-state index is 13.1. The van der Waals surface area contributed by atoms with Crippen molar-refractivity contribution >= 4 is 27.5 Å². The average Bonchev–Trinajstić information content (AvgIpc) is 3.27. The number of aromatic nitrogens is 2. The highest BCUT2D eigenvalue weighted by Crippen LogP contribution is 2.30. The number of benzene rings is 3. The van der Waals surface area contributed by atoms with Crippen LogP contribution in [-0.2, 0) is 9.84 Å². The molecule has 0 N–H and O–H groups in total. The van der Waals surface area contributed by atoms with Gasteiger partial charge in [0.25, 0.3) is 0 Å². The van der Waals surface area contributed by atoms with E-state index in [4.69, 9.17) is 16.3 Å². The van der Waals surface area contributed by atoms with Crippen molar-refractivity contribution in [3.8, 4) is 28.8 Å². The van der Waals surface area contributed by atoms with E-state index in [-0.39, 0.29) is 4.90 Å². The lowest BCUT2D eigenvalue weighted by Gasteiger charge is -2.05. The third-order valence-electron chi connectivity index (χ3n) is 4.92. The van der Waals surface area contributed by atoms with Gasteiger partial charge < -0.3 is 4.74 Å². The Bertz CT molecular complexity index is 1470. The van der Waals surface area contributed by atoms with Crippen molar-refractivity contribution in [2.24, 2.45) is 0 Å². The molecule has 164 valence electrons. The summed E-state index contributed by atoms with van der Waals surface area (Å²) in [6.07, 6.45) is 3.03. The normalized spacial score (nSPS) is 11.7. The zero-order valence-corrected chi connectivity index (χ0v) is 19.1. The van der Waals surface area contributed by atoms with Gasteiger partial charge in [0.2, 0.25) is 9.84 Å². The first-order valence-corrected chi connectivity index (χ1v) is 11.7. The molecule has 4 aromatic rings. The third kappa shape index (κ3) is 4.67. The topological polar surface area (TPSA) is 85.0 Å². The number of ether oxygens (including phenoxy) is 1. The molecule has 0 bridgehead atoms. The van der Waals surface area contributed by atoms with Crippen molar-refractivity contribution in [3.63, 3.8) is 0 Å². The second kappa shape index (κ2) is 9.33. The number of hydrogen-bond donors (Lipinski definition) is 0. The Morgan fingerprint density at radius 3 is 2.45 bits per heavy atom. The zero-order valence-electron chi connectivity index (χ0n) is 17.5. The number of nitrogens with zero attached hydrogens (tertiary/aromatic N) is 3. The molecule has 3 aromatic carbocycles. The first kappa shape index (κ1) is 22.3. The highest BCUT2D eigenvalue weighted by molar-refractivity contribution is 7.95. The van der Waals surface area contributed by atoms with E-state index in [1.165, 1.54) is 30.3 Å². The molecular weight excluding hydrogens is 458 g/mol. The van der Waals surface area contributed by atoms with Crippen molar-refractivity contribution in [1.82, 2.24) is 9.78 Å². The van der Waals surface area contributed by atoms with Crippen LogP contribution < -0.4 is 4.74 Å². The van der Waals surface area contributed by atoms with E-state index in [9.17, 15) is 13.7 Å². The van der Waals surface area contributed by atoms with E-state index in [0.29, 0.717) is 22.0 Å². The summed E-state index contributed by atoms with van der Waals surface area (Å²) in [5, 5.41) is 14.8. The van der Waals surface area contributed by atoms with E-state index >= 15 is 0 Å². The summed E-state index contributed by atoms with van der Waals surface area (Å²) in [6, 6.07) is 24.2. The highest BCUT2D eigenvalue weighted by atomic mass is 35.5. The molecule has 6 nitrogen and oxygen atoms in total. The van der Waals surface area contributed by atoms with Gasteiger partial charge in [0.05, 0.1) is 17.7 Å². The lowest BCUT2D eigenvalue weighted by atomic mass is 10.1. The number of sulfone groups is 1. The van der Waals surface area contributed by atoms with E-state index < -0.39 is 14.7 Å². The molecule has 1 aromatic heterocycles. The molecule has 0 saturated heterocycles. The molecule has 33 heavy (non-hydrogen) atoms. The molecule has 0 saturated carbocycles. The van der Waals surface area contributed by atoms with Crippen LogP contribution in [0.4, 0.5) is 0 Å². The second-order valence-electron chi connectivity index (χ2n) is 7.02. The number of nitriles is 1. The fourth-order valence-electron chi connectivity index (χ4n) is 3.25. The number of methoxy groups -OCH3 is 1. The van der Waals surface area contributed by atoms with Gasteiger partial charge in [0.1, 0.15) is 22.4 Å². The summed E-state index contributed by atoms with van der Waals surface area (Å²) in [6.45, 7) is 0. The second-order valence-corrected chi connectivity index (χ2v) is 9.38. The van der Waals surface area contributed by atoms with Gasteiger partial charge in [0.15, 0.2) is 0 Å². The summed E-state index contributed by atoms with van der Waals surface area (Å²) >= 11 is 5.88. The van der Waals surface area contributed by atoms with Crippen LogP contribution in [0.3, 0.4) is 0 Å². The monoisotopic (exact) mass is 475 g/mol. The van der Waals surface area contributed by atoms with Crippen LogP contribution in [0.5, 0.6) is 5.75 Å². The van der Waals surface area contributed by atoms with Gasteiger partial charge in [-0.25, -0.2) is 13.1 Å². The molecule has 0 amide bonds. The summed E-state index contributed by atoms with van der Waals surface area (Å²) in [5.74, 6) is 0.631. The van der Waals surface area contributed by atoms with Crippen LogP contribution >= 0.6 is 11.6 Å². The molecule has 0 radical (unpaired) electrons. The smallest absolute Gasteiger partial charge is 0.216 e. The molecule has 0 aliphatic carbocycles. The minimum absolute atomic E-state index is 0.0157. The third-order valence-corrected chi connectivity index (χ3v) is 6.85. The molecule has 0 fully saturated rings. The summed E-state index contributed by atoms with van der Waals surface area (Å²) in [7, 11) is -2.49. The molecule has 0 spiro atoms. The Balaban J connectivity index is 1.89. The Morgan fingerprint density at radius 2 is 1.79 bits per heavy atom.